The van der Waals surface area contributed by atoms with E-state index in [-0.39, 0.29) is 21.9 Å². The van der Waals surface area contributed by atoms with E-state index in [0.29, 0.717) is 0 Å². The average Bonchev–Trinajstić information content (AvgIpc) is 2.02. The zero-order valence-corrected chi connectivity index (χ0v) is 8.62. The first-order valence-electron chi connectivity index (χ1n) is 3.63. The molecule has 5 heteroatoms. The van der Waals surface area contributed by atoms with Gasteiger partial charge in [-0.3, -0.25) is 9.59 Å². The maximum atomic E-state index is 13.0. The van der Waals surface area contributed by atoms with Crippen LogP contribution in [0.5, 0.6) is 0 Å². The van der Waals surface area contributed by atoms with Gasteiger partial charge in [0.15, 0.2) is 5.78 Å². The highest BCUT2D eigenvalue weighted by Crippen LogP contribution is 2.22. The fourth-order valence-electron chi connectivity index (χ4n) is 0.969. The van der Waals surface area contributed by atoms with E-state index < -0.39 is 11.1 Å². The second-order valence-electron chi connectivity index (χ2n) is 2.64. The van der Waals surface area contributed by atoms with Gasteiger partial charge in [-0.2, -0.15) is 0 Å². The van der Waals surface area contributed by atoms with Crippen LogP contribution in [0.25, 0.3) is 0 Å². The molecule has 0 N–H and O–H groups in total. The van der Waals surface area contributed by atoms with Crippen molar-refractivity contribution in [2.75, 3.05) is 0 Å². The van der Waals surface area contributed by atoms with E-state index in [0.717, 1.165) is 12.1 Å². The SMILES string of the molecule is CC(=O)c1cc(C(=O)Cl)c(F)cc1Cl. The first kappa shape index (κ1) is 11.1. The van der Waals surface area contributed by atoms with Crippen molar-refractivity contribution in [2.45, 2.75) is 6.92 Å². The molecule has 0 aliphatic carbocycles. The Labute approximate surface area is 89.6 Å². The number of benzene rings is 1. The van der Waals surface area contributed by atoms with Crippen LogP contribution in [-0.2, 0) is 0 Å². The summed E-state index contributed by atoms with van der Waals surface area (Å²) >= 11 is 10.7. The highest BCUT2D eigenvalue weighted by atomic mass is 35.5. The third kappa shape index (κ3) is 2.11. The van der Waals surface area contributed by atoms with Crippen LogP contribution >= 0.6 is 23.2 Å². The Morgan fingerprint density at radius 2 is 1.86 bits per heavy atom. The molecule has 0 radical (unpaired) electrons. The summed E-state index contributed by atoms with van der Waals surface area (Å²) in [5.41, 5.74) is -0.265. The normalized spacial score (nSPS) is 10.0. The van der Waals surface area contributed by atoms with Gasteiger partial charge >= 0.3 is 0 Å². The van der Waals surface area contributed by atoms with Crippen molar-refractivity contribution in [3.63, 3.8) is 0 Å². The fraction of sp³-hybridized carbons (Fsp3) is 0.111. The van der Waals surface area contributed by atoms with Crippen LogP contribution in [0, 0.1) is 5.82 Å². The molecule has 74 valence electrons. The lowest BCUT2D eigenvalue weighted by Gasteiger charge is -2.02. The van der Waals surface area contributed by atoms with Crippen LogP contribution in [0.3, 0.4) is 0 Å². The predicted molar refractivity (Wildman–Crippen MR) is 51.6 cm³/mol. The molecule has 0 atom stereocenters. The molecule has 0 aromatic heterocycles. The summed E-state index contributed by atoms with van der Waals surface area (Å²) in [6.45, 7) is 1.27. The molecule has 0 saturated heterocycles. The molecule has 0 heterocycles. The van der Waals surface area contributed by atoms with Gasteiger partial charge < -0.3 is 0 Å². The maximum Gasteiger partial charge on any atom is 0.255 e. The van der Waals surface area contributed by atoms with E-state index in [4.69, 9.17) is 23.2 Å². The van der Waals surface area contributed by atoms with Crippen LogP contribution in [0.1, 0.15) is 27.6 Å². The number of carbonyl (C=O) groups excluding carboxylic acids is 2. The smallest absolute Gasteiger partial charge is 0.255 e. The Morgan fingerprint density at radius 3 is 2.29 bits per heavy atom. The summed E-state index contributed by atoms with van der Waals surface area (Å²) in [7, 11) is 0. The van der Waals surface area contributed by atoms with Gasteiger partial charge in [-0.25, -0.2) is 4.39 Å². The van der Waals surface area contributed by atoms with Crippen LogP contribution < -0.4 is 0 Å². The van der Waals surface area contributed by atoms with E-state index in [1.54, 1.807) is 0 Å². The topological polar surface area (TPSA) is 34.1 Å². The van der Waals surface area contributed by atoms with Gasteiger partial charge in [-0.15, -0.1) is 0 Å². The molecule has 0 bridgehead atoms. The Morgan fingerprint density at radius 1 is 1.29 bits per heavy atom. The summed E-state index contributed by atoms with van der Waals surface area (Å²) in [6, 6.07) is 1.95. The van der Waals surface area contributed by atoms with Gasteiger partial charge in [0.1, 0.15) is 5.82 Å². The summed E-state index contributed by atoms with van der Waals surface area (Å²) < 4.78 is 13.0. The zero-order chi connectivity index (χ0) is 10.9. The summed E-state index contributed by atoms with van der Waals surface area (Å²) in [4.78, 5) is 21.7. The van der Waals surface area contributed by atoms with Crippen molar-refractivity contribution in [2.24, 2.45) is 0 Å². The third-order valence-corrected chi connectivity index (χ3v) is 2.16. The molecule has 1 rings (SSSR count). The van der Waals surface area contributed by atoms with Crippen molar-refractivity contribution >= 4 is 34.2 Å². The first-order valence-corrected chi connectivity index (χ1v) is 4.39. The Kier molecular flexibility index (Phi) is 3.24. The van der Waals surface area contributed by atoms with Gasteiger partial charge in [-0.1, -0.05) is 11.6 Å². The number of carbonyl (C=O) groups is 2. The minimum Gasteiger partial charge on any atom is -0.294 e. The van der Waals surface area contributed by atoms with E-state index in [9.17, 15) is 14.0 Å². The minimum atomic E-state index is -0.957. The standard InChI is InChI=1S/C9H5Cl2FO2/c1-4(13)5-2-6(9(11)14)8(12)3-7(5)10/h2-3H,1H3. The molecule has 0 amide bonds. The highest BCUT2D eigenvalue weighted by molar-refractivity contribution is 6.67. The Balaban J connectivity index is 3.42. The summed E-state index contributed by atoms with van der Waals surface area (Å²) in [5, 5.41) is -0.988. The molecule has 0 saturated carbocycles. The van der Waals surface area contributed by atoms with Crippen molar-refractivity contribution in [1.82, 2.24) is 0 Å². The summed E-state index contributed by atoms with van der Waals surface area (Å²) in [6.07, 6.45) is 0. The van der Waals surface area contributed by atoms with E-state index in [2.05, 4.69) is 0 Å². The molecule has 0 aliphatic rings. The average molecular weight is 235 g/mol. The van der Waals surface area contributed by atoms with E-state index in [1.165, 1.54) is 6.92 Å². The lowest BCUT2D eigenvalue weighted by Crippen LogP contribution is -2.01. The maximum absolute atomic E-state index is 13.0. The van der Waals surface area contributed by atoms with E-state index >= 15 is 0 Å². The summed E-state index contributed by atoms with van der Waals surface area (Å²) in [5.74, 6) is -1.19. The van der Waals surface area contributed by atoms with Gasteiger partial charge in [-0.05, 0) is 30.7 Å². The first-order chi connectivity index (χ1) is 6.43. The lowest BCUT2D eigenvalue weighted by atomic mass is 10.1. The van der Waals surface area contributed by atoms with Gasteiger partial charge in [0.05, 0.1) is 10.6 Å². The largest absolute Gasteiger partial charge is 0.294 e. The van der Waals surface area contributed by atoms with Crippen LogP contribution in [-0.4, -0.2) is 11.0 Å². The van der Waals surface area contributed by atoms with Crippen LogP contribution in [0.4, 0.5) is 4.39 Å². The Bertz CT molecular complexity index is 380. The molecule has 0 unspecified atom stereocenters. The molecule has 1 aromatic carbocycles. The number of rotatable bonds is 2. The minimum absolute atomic E-state index is 0.0309. The number of ketones is 1. The quantitative estimate of drug-likeness (QED) is 0.583. The monoisotopic (exact) mass is 234 g/mol. The van der Waals surface area contributed by atoms with Gasteiger partial charge in [0, 0.05) is 5.56 Å². The zero-order valence-electron chi connectivity index (χ0n) is 7.11. The van der Waals surface area contributed by atoms with Crippen LogP contribution in [0.2, 0.25) is 5.02 Å². The Hall–Kier alpha value is -0.930. The predicted octanol–water partition coefficient (Wildman–Crippen LogP) is 3.06. The van der Waals surface area contributed by atoms with Crippen molar-refractivity contribution in [3.05, 3.63) is 34.1 Å². The van der Waals surface area contributed by atoms with Gasteiger partial charge in [0.25, 0.3) is 5.24 Å². The third-order valence-electron chi connectivity index (χ3n) is 1.65. The van der Waals surface area contributed by atoms with Crippen LogP contribution in [0.15, 0.2) is 12.1 Å². The molecular formula is C9H5Cl2FO2. The molecule has 1 aromatic rings. The number of hydrogen-bond acceptors (Lipinski definition) is 2. The lowest BCUT2D eigenvalue weighted by molar-refractivity contribution is 0.101. The van der Waals surface area contributed by atoms with Gasteiger partial charge in [0.2, 0.25) is 0 Å². The number of halogens is 3. The second kappa shape index (κ2) is 4.07. The molecule has 0 fully saturated rings. The number of hydrogen-bond donors (Lipinski definition) is 0. The fourth-order valence-corrected chi connectivity index (χ4v) is 1.40. The second-order valence-corrected chi connectivity index (χ2v) is 3.39. The van der Waals surface area contributed by atoms with Crippen molar-refractivity contribution in [3.8, 4) is 0 Å². The van der Waals surface area contributed by atoms with E-state index in [1.807, 2.05) is 0 Å². The van der Waals surface area contributed by atoms with Crippen molar-refractivity contribution in [1.29, 1.82) is 0 Å². The molecular weight excluding hydrogens is 230 g/mol. The van der Waals surface area contributed by atoms with Crippen molar-refractivity contribution < 1.29 is 14.0 Å². The molecule has 2 nitrogen and oxygen atoms in total. The molecule has 0 aliphatic heterocycles. The molecule has 0 spiro atoms. The molecule has 14 heavy (non-hydrogen) atoms. The number of Topliss-reactive ketones (excluding diaryl/α,β-unsaturated/α-hetero) is 1. The highest BCUT2D eigenvalue weighted by Gasteiger charge is 2.15.